The number of hydrogen-bond donors (Lipinski definition) is 0. The number of rotatable bonds is 8. The zero-order valence-electron chi connectivity index (χ0n) is 23.4. The molecule has 7 rings (SSSR count). The summed E-state index contributed by atoms with van der Waals surface area (Å²) in [4.78, 5) is 0. The molecule has 0 heteroatoms. The van der Waals surface area contributed by atoms with Gasteiger partial charge in [0.05, 0.1) is 0 Å². The fraction of sp³-hybridized carbons (Fsp3) is 0.282. The van der Waals surface area contributed by atoms with E-state index in [0.717, 1.165) is 0 Å². The van der Waals surface area contributed by atoms with E-state index >= 15 is 0 Å². The van der Waals surface area contributed by atoms with Crippen molar-refractivity contribution in [3.8, 4) is 11.1 Å². The normalized spacial score (nSPS) is 13.9. The van der Waals surface area contributed by atoms with Gasteiger partial charge in [-0.2, -0.15) is 0 Å². The maximum Gasteiger partial charge on any atom is 0.0228 e. The van der Waals surface area contributed by atoms with Gasteiger partial charge < -0.3 is 0 Å². The second-order valence-corrected chi connectivity index (χ2v) is 11.7. The molecular weight excluding hydrogens is 468 g/mol. The van der Waals surface area contributed by atoms with Gasteiger partial charge in [-0.3, -0.25) is 0 Å². The van der Waals surface area contributed by atoms with Crippen LogP contribution in [0.15, 0.2) is 97.1 Å². The number of fused-ring (bicyclic) bond motifs is 13. The van der Waals surface area contributed by atoms with Crippen molar-refractivity contribution >= 4 is 43.1 Å². The molecule has 6 aromatic rings. The Labute approximate surface area is 232 Å². The fourth-order valence-corrected chi connectivity index (χ4v) is 7.90. The molecule has 0 nitrogen and oxygen atoms in total. The Hall–Kier alpha value is -3.64. The van der Waals surface area contributed by atoms with Crippen LogP contribution in [-0.2, 0) is 5.41 Å². The SMILES string of the molecule is CCCCCC1(CCCCC)c2c(c3ccccc3c3ccccc23)-c2c1c1ccccc1c1ccccc21. The van der Waals surface area contributed by atoms with Gasteiger partial charge in [0.2, 0.25) is 0 Å². The van der Waals surface area contributed by atoms with Gasteiger partial charge >= 0.3 is 0 Å². The molecule has 0 atom stereocenters. The van der Waals surface area contributed by atoms with Crippen molar-refractivity contribution in [1.29, 1.82) is 0 Å². The highest BCUT2D eigenvalue weighted by atomic mass is 14.5. The molecule has 194 valence electrons. The van der Waals surface area contributed by atoms with Crippen LogP contribution in [0.2, 0.25) is 0 Å². The molecule has 0 aliphatic heterocycles. The third-order valence-electron chi connectivity index (χ3n) is 9.49. The first-order chi connectivity index (χ1) is 19.3. The van der Waals surface area contributed by atoms with E-state index in [0.29, 0.717) is 0 Å². The van der Waals surface area contributed by atoms with Gasteiger partial charge in [0.1, 0.15) is 0 Å². The van der Waals surface area contributed by atoms with E-state index in [2.05, 4.69) is 111 Å². The zero-order chi connectivity index (χ0) is 26.4. The molecule has 0 spiro atoms. The minimum atomic E-state index is 0.0161. The summed E-state index contributed by atoms with van der Waals surface area (Å²) >= 11 is 0. The lowest BCUT2D eigenvalue weighted by molar-refractivity contribution is 0.410. The number of unbranched alkanes of at least 4 members (excludes halogenated alkanes) is 4. The highest BCUT2D eigenvalue weighted by Crippen LogP contribution is 2.62. The van der Waals surface area contributed by atoms with Crippen LogP contribution in [0.1, 0.15) is 76.3 Å². The Morgan fingerprint density at radius 3 is 1.05 bits per heavy atom. The first-order valence-electron chi connectivity index (χ1n) is 15.2. The Balaban J connectivity index is 1.74. The van der Waals surface area contributed by atoms with E-state index < -0.39 is 0 Å². The number of hydrogen-bond acceptors (Lipinski definition) is 0. The van der Waals surface area contributed by atoms with E-state index in [1.54, 1.807) is 11.1 Å². The maximum absolute atomic E-state index is 2.42. The average molecular weight is 507 g/mol. The first-order valence-corrected chi connectivity index (χ1v) is 15.2. The van der Waals surface area contributed by atoms with E-state index in [-0.39, 0.29) is 5.41 Å². The lowest BCUT2D eigenvalue weighted by Crippen LogP contribution is -2.26. The van der Waals surface area contributed by atoms with Gasteiger partial charge in [-0.25, -0.2) is 0 Å². The molecule has 0 amide bonds. The summed E-state index contributed by atoms with van der Waals surface area (Å²) in [5.74, 6) is 0. The lowest BCUT2D eigenvalue weighted by Gasteiger charge is -2.35. The minimum absolute atomic E-state index is 0.0161. The Bertz CT molecular complexity index is 1700. The summed E-state index contributed by atoms with van der Waals surface area (Å²) in [6, 6.07) is 36.9. The Kier molecular flexibility index (Phi) is 6.15. The summed E-state index contributed by atoms with van der Waals surface area (Å²) < 4.78 is 0. The van der Waals surface area contributed by atoms with Crippen molar-refractivity contribution in [3.63, 3.8) is 0 Å². The molecule has 0 radical (unpaired) electrons. The number of benzene rings is 6. The van der Waals surface area contributed by atoms with E-state index in [1.807, 2.05) is 0 Å². The zero-order valence-corrected chi connectivity index (χ0v) is 23.4. The summed E-state index contributed by atoms with van der Waals surface area (Å²) in [5.41, 5.74) is 6.26. The molecule has 0 N–H and O–H groups in total. The first kappa shape index (κ1) is 24.4. The lowest BCUT2D eigenvalue weighted by atomic mass is 9.68. The summed E-state index contributed by atoms with van der Waals surface area (Å²) in [6.07, 6.45) is 10.1. The highest BCUT2D eigenvalue weighted by molar-refractivity contribution is 6.25. The van der Waals surface area contributed by atoms with Crippen LogP contribution in [0.25, 0.3) is 54.2 Å². The molecule has 1 aliphatic rings. The van der Waals surface area contributed by atoms with Gasteiger partial charge in [0.25, 0.3) is 0 Å². The van der Waals surface area contributed by atoms with Crippen LogP contribution in [0.3, 0.4) is 0 Å². The molecule has 0 saturated carbocycles. The van der Waals surface area contributed by atoms with E-state index in [4.69, 9.17) is 0 Å². The third kappa shape index (κ3) is 3.57. The quantitative estimate of drug-likeness (QED) is 0.142. The van der Waals surface area contributed by atoms with Crippen LogP contribution < -0.4 is 0 Å². The van der Waals surface area contributed by atoms with Gasteiger partial charge in [0.15, 0.2) is 0 Å². The highest BCUT2D eigenvalue weighted by Gasteiger charge is 2.46. The summed E-state index contributed by atoms with van der Waals surface area (Å²) in [6.45, 7) is 4.68. The molecule has 6 aromatic carbocycles. The van der Waals surface area contributed by atoms with Gasteiger partial charge in [-0.15, -0.1) is 0 Å². The van der Waals surface area contributed by atoms with Gasteiger partial charge in [-0.1, -0.05) is 149 Å². The molecule has 0 saturated heterocycles. The van der Waals surface area contributed by atoms with Crippen LogP contribution in [0.5, 0.6) is 0 Å². The molecule has 0 aromatic heterocycles. The molecule has 0 fully saturated rings. The molecule has 0 heterocycles. The second kappa shape index (κ2) is 9.83. The van der Waals surface area contributed by atoms with Crippen molar-refractivity contribution < 1.29 is 0 Å². The fourth-order valence-electron chi connectivity index (χ4n) is 7.90. The molecule has 0 unspecified atom stereocenters. The average Bonchev–Trinajstić information content (AvgIpc) is 3.29. The van der Waals surface area contributed by atoms with Crippen LogP contribution in [0.4, 0.5) is 0 Å². The maximum atomic E-state index is 2.42. The molecule has 39 heavy (non-hydrogen) atoms. The molecule has 0 bridgehead atoms. The van der Waals surface area contributed by atoms with Crippen molar-refractivity contribution in [2.24, 2.45) is 0 Å². The van der Waals surface area contributed by atoms with Crippen LogP contribution in [-0.4, -0.2) is 0 Å². The standard InChI is InChI=1S/C39H38/c1-3-5-15-25-39(26-16-6-4-2)37-33-23-13-9-19-29(33)27-17-7-11-21-31(27)35(37)36-32-22-12-8-18-28(32)30-20-10-14-24-34(30)38(36)39/h7-14,17-24H,3-6,15-16,25-26H2,1-2H3. The van der Waals surface area contributed by atoms with Crippen LogP contribution in [0, 0.1) is 0 Å². The topological polar surface area (TPSA) is 0 Å². The van der Waals surface area contributed by atoms with Gasteiger partial charge in [-0.05, 0) is 78.2 Å². The second-order valence-electron chi connectivity index (χ2n) is 11.7. The predicted molar refractivity (Wildman–Crippen MR) is 171 cm³/mol. The van der Waals surface area contributed by atoms with Crippen molar-refractivity contribution in [3.05, 3.63) is 108 Å². The van der Waals surface area contributed by atoms with Crippen LogP contribution >= 0.6 is 0 Å². The van der Waals surface area contributed by atoms with Crippen molar-refractivity contribution in [1.82, 2.24) is 0 Å². The largest absolute Gasteiger partial charge is 0.0654 e. The smallest absolute Gasteiger partial charge is 0.0228 e. The Morgan fingerprint density at radius 1 is 0.385 bits per heavy atom. The monoisotopic (exact) mass is 506 g/mol. The molecular formula is C39H38. The Morgan fingerprint density at radius 2 is 0.692 bits per heavy atom. The van der Waals surface area contributed by atoms with E-state index in [1.165, 1.54) is 106 Å². The molecule has 1 aliphatic carbocycles. The van der Waals surface area contributed by atoms with Gasteiger partial charge in [0, 0.05) is 5.41 Å². The van der Waals surface area contributed by atoms with Crippen molar-refractivity contribution in [2.75, 3.05) is 0 Å². The predicted octanol–water partition coefficient (Wildman–Crippen LogP) is 11.7. The minimum Gasteiger partial charge on any atom is -0.0654 e. The van der Waals surface area contributed by atoms with E-state index in [9.17, 15) is 0 Å². The summed E-state index contributed by atoms with van der Waals surface area (Å²) in [5, 5.41) is 11.3. The van der Waals surface area contributed by atoms with Crippen molar-refractivity contribution in [2.45, 2.75) is 70.6 Å². The third-order valence-corrected chi connectivity index (χ3v) is 9.49. The summed E-state index contributed by atoms with van der Waals surface area (Å²) in [7, 11) is 0.